The van der Waals surface area contributed by atoms with Crippen molar-refractivity contribution in [3.05, 3.63) is 59.5 Å². The standard InChI is InChI=1S/C19H18N2O2S2/c1-13-4-2-3-5-17(13)19-20-18(12-24-19)14-6-8-15(9-7-14)21-25(22,23)16-10-11-16/h2-9,12,16,21H,10-11H2,1H3. The Balaban J connectivity index is 1.56. The van der Waals surface area contributed by atoms with E-state index < -0.39 is 10.0 Å². The number of hydrogen-bond donors (Lipinski definition) is 1. The van der Waals surface area contributed by atoms with Gasteiger partial charge in [-0.25, -0.2) is 13.4 Å². The van der Waals surface area contributed by atoms with Crippen molar-refractivity contribution in [2.45, 2.75) is 25.0 Å². The van der Waals surface area contributed by atoms with Gasteiger partial charge in [-0.2, -0.15) is 0 Å². The van der Waals surface area contributed by atoms with Gasteiger partial charge in [0.2, 0.25) is 10.0 Å². The molecule has 1 saturated carbocycles. The summed E-state index contributed by atoms with van der Waals surface area (Å²) in [5, 5.41) is 2.81. The lowest BCUT2D eigenvalue weighted by Gasteiger charge is -2.07. The van der Waals surface area contributed by atoms with E-state index >= 15 is 0 Å². The van der Waals surface area contributed by atoms with Gasteiger partial charge in [0, 0.05) is 22.2 Å². The van der Waals surface area contributed by atoms with E-state index in [4.69, 9.17) is 4.98 Å². The number of sulfonamides is 1. The predicted octanol–water partition coefficient (Wildman–Crippen LogP) is 4.69. The van der Waals surface area contributed by atoms with Crippen LogP contribution in [0.15, 0.2) is 53.9 Å². The molecule has 1 fully saturated rings. The molecule has 1 aromatic heterocycles. The van der Waals surface area contributed by atoms with Crippen LogP contribution in [0.4, 0.5) is 5.69 Å². The summed E-state index contributed by atoms with van der Waals surface area (Å²) in [7, 11) is -3.22. The first kappa shape index (κ1) is 16.3. The van der Waals surface area contributed by atoms with Crippen molar-refractivity contribution in [2.75, 3.05) is 4.72 Å². The largest absolute Gasteiger partial charge is 0.283 e. The van der Waals surface area contributed by atoms with E-state index in [0.29, 0.717) is 5.69 Å². The summed E-state index contributed by atoms with van der Waals surface area (Å²) in [6.45, 7) is 2.08. The number of hydrogen-bond acceptors (Lipinski definition) is 4. The molecule has 128 valence electrons. The molecule has 0 saturated heterocycles. The fourth-order valence-corrected chi connectivity index (χ4v) is 4.98. The van der Waals surface area contributed by atoms with Crippen LogP contribution in [0, 0.1) is 6.92 Å². The number of benzene rings is 2. The molecule has 4 nitrogen and oxygen atoms in total. The fraction of sp³-hybridized carbons (Fsp3) is 0.211. The molecule has 0 atom stereocenters. The highest BCUT2D eigenvalue weighted by Crippen LogP contribution is 2.32. The summed E-state index contributed by atoms with van der Waals surface area (Å²) in [4.78, 5) is 4.73. The van der Waals surface area contributed by atoms with Crippen molar-refractivity contribution in [3.8, 4) is 21.8 Å². The maximum Gasteiger partial charge on any atom is 0.235 e. The van der Waals surface area contributed by atoms with Crippen LogP contribution in [0.3, 0.4) is 0 Å². The lowest BCUT2D eigenvalue weighted by Crippen LogP contribution is -2.17. The van der Waals surface area contributed by atoms with Gasteiger partial charge in [0.05, 0.1) is 10.9 Å². The average molecular weight is 370 g/mol. The van der Waals surface area contributed by atoms with E-state index in [1.165, 1.54) is 5.56 Å². The summed E-state index contributed by atoms with van der Waals surface area (Å²) in [6.07, 6.45) is 1.52. The van der Waals surface area contributed by atoms with Crippen LogP contribution in [0.2, 0.25) is 0 Å². The van der Waals surface area contributed by atoms with E-state index in [0.717, 1.165) is 34.7 Å². The molecule has 0 bridgehead atoms. The van der Waals surface area contributed by atoms with Crippen LogP contribution >= 0.6 is 11.3 Å². The monoisotopic (exact) mass is 370 g/mol. The Morgan fingerprint density at radius 1 is 1.08 bits per heavy atom. The first-order valence-electron chi connectivity index (χ1n) is 8.16. The van der Waals surface area contributed by atoms with Crippen molar-refractivity contribution >= 4 is 27.0 Å². The molecule has 0 radical (unpaired) electrons. The van der Waals surface area contributed by atoms with Crippen molar-refractivity contribution in [3.63, 3.8) is 0 Å². The highest BCUT2D eigenvalue weighted by molar-refractivity contribution is 7.93. The normalized spacial score (nSPS) is 14.4. The Kier molecular flexibility index (Phi) is 4.09. The smallest absolute Gasteiger partial charge is 0.235 e. The summed E-state index contributed by atoms with van der Waals surface area (Å²) < 4.78 is 26.6. The minimum absolute atomic E-state index is 0.220. The minimum Gasteiger partial charge on any atom is -0.283 e. The van der Waals surface area contributed by atoms with Gasteiger partial charge in [-0.3, -0.25) is 4.72 Å². The second-order valence-corrected chi connectivity index (χ2v) is 9.10. The molecule has 0 unspecified atom stereocenters. The molecule has 1 aliphatic rings. The molecule has 0 aliphatic heterocycles. The molecule has 25 heavy (non-hydrogen) atoms. The zero-order valence-corrected chi connectivity index (χ0v) is 15.4. The number of nitrogens with one attached hydrogen (secondary N) is 1. The number of thiazole rings is 1. The molecule has 1 N–H and O–H groups in total. The second-order valence-electron chi connectivity index (χ2n) is 6.28. The van der Waals surface area contributed by atoms with Crippen molar-refractivity contribution in [1.82, 2.24) is 4.98 Å². The van der Waals surface area contributed by atoms with E-state index in [9.17, 15) is 8.42 Å². The second kappa shape index (κ2) is 6.28. The Morgan fingerprint density at radius 3 is 2.48 bits per heavy atom. The first-order valence-corrected chi connectivity index (χ1v) is 10.6. The van der Waals surface area contributed by atoms with E-state index in [1.54, 1.807) is 23.5 Å². The fourth-order valence-electron chi connectivity index (χ4n) is 2.68. The third-order valence-electron chi connectivity index (χ3n) is 4.28. The predicted molar refractivity (Wildman–Crippen MR) is 103 cm³/mol. The van der Waals surface area contributed by atoms with Gasteiger partial charge < -0.3 is 0 Å². The van der Waals surface area contributed by atoms with E-state index in [1.807, 2.05) is 29.6 Å². The quantitative estimate of drug-likeness (QED) is 0.709. The van der Waals surface area contributed by atoms with Gasteiger partial charge in [0.25, 0.3) is 0 Å². The zero-order chi connectivity index (χ0) is 17.4. The Hall–Kier alpha value is -2.18. The molecule has 1 aliphatic carbocycles. The van der Waals surface area contributed by atoms with Crippen LogP contribution in [-0.4, -0.2) is 18.7 Å². The van der Waals surface area contributed by atoms with Gasteiger partial charge in [-0.05, 0) is 37.5 Å². The molecule has 2 aromatic carbocycles. The molecular formula is C19H18N2O2S2. The molecular weight excluding hydrogens is 352 g/mol. The van der Waals surface area contributed by atoms with Crippen LogP contribution in [0.1, 0.15) is 18.4 Å². The number of nitrogens with zero attached hydrogens (tertiary/aromatic N) is 1. The van der Waals surface area contributed by atoms with Crippen molar-refractivity contribution in [2.24, 2.45) is 0 Å². The van der Waals surface area contributed by atoms with E-state index in [2.05, 4.69) is 23.8 Å². The number of aromatic nitrogens is 1. The number of aryl methyl sites for hydroxylation is 1. The Bertz CT molecular complexity index is 1000. The molecule has 0 spiro atoms. The van der Waals surface area contributed by atoms with Gasteiger partial charge in [0.1, 0.15) is 5.01 Å². The van der Waals surface area contributed by atoms with Gasteiger partial charge >= 0.3 is 0 Å². The zero-order valence-electron chi connectivity index (χ0n) is 13.8. The van der Waals surface area contributed by atoms with Gasteiger partial charge in [0.15, 0.2) is 0 Å². The van der Waals surface area contributed by atoms with Crippen molar-refractivity contribution in [1.29, 1.82) is 0 Å². The highest BCUT2D eigenvalue weighted by Gasteiger charge is 2.35. The van der Waals surface area contributed by atoms with Gasteiger partial charge in [-0.1, -0.05) is 36.4 Å². The highest BCUT2D eigenvalue weighted by atomic mass is 32.2. The first-order chi connectivity index (χ1) is 12.0. The molecule has 3 aromatic rings. The SMILES string of the molecule is Cc1ccccc1-c1nc(-c2ccc(NS(=O)(=O)C3CC3)cc2)cs1. The summed E-state index contributed by atoms with van der Waals surface area (Å²) in [6, 6.07) is 15.6. The van der Waals surface area contributed by atoms with E-state index in [-0.39, 0.29) is 5.25 Å². The third-order valence-corrected chi connectivity index (χ3v) is 7.03. The lowest BCUT2D eigenvalue weighted by atomic mass is 10.1. The lowest BCUT2D eigenvalue weighted by molar-refractivity contribution is 0.600. The number of rotatable bonds is 5. The van der Waals surface area contributed by atoms with Gasteiger partial charge in [-0.15, -0.1) is 11.3 Å². The Morgan fingerprint density at radius 2 is 1.80 bits per heavy atom. The maximum absolute atomic E-state index is 12.0. The molecule has 6 heteroatoms. The summed E-state index contributed by atoms with van der Waals surface area (Å²) >= 11 is 1.62. The third kappa shape index (κ3) is 3.45. The Labute approximate surface area is 151 Å². The number of anilines is 1. The molecule has 0 amide bonds. The summed E-state index contributed by atoms with van der Waals surface area (Å²) in [5.41, 5.74) is 4.83. The van der Waals surface area contributed by atoms with Crippen molar-refractivity contribution < 1.29 is 8.42 Å². The average Bonchev–Trinajstić information content (AvgIpc) is 3.35. The van der Waals surface area contributed by atoms with Crippen LogP contribution < -0.4 is 4.72 Å². The maximum atomic E-state index is 12.0. The van der Waals surface area contributed by atoms with Crippen LogP contribution in [0.5, 0.6) is 0 Å². The molecule has 1 heterocycles. The topological polar surface area (TPSA) is 59.1 Å². The minimum atomic E-state index is -3.22. The van der Waals surface area contributed by atoms with Crippen LogP contribution in [0.25, 0.3) is 21.8 Å². The summed E-state index contributed by atoms with van der Waals surface area (Å²) in [5.74, 6) is 0. The van der Waals surface area contributed by atoms with Crippen LogP contribution in [-0.2, 0) is 10.0 Å². The molecule has 4 rings (SSSR count).